The normalized spacial score (nSPS) is 12.8. The summed E-state index contributed by atoms with van der Waals surface area (Å²) in [4.78, 5) is 4.65. The van der Waals surface area contributed by atoms with Gasteiger partial charge in [0.15, 0.2) is 0 Å². The third-order valence-corrected chi connectivity index (χ3v) is 4.52. The summed E-state index contributed by atoms with van der Waals surface area (Å²) in [6, 6.07) is 11.9. The van der Waals surface area contributed by atoms with Crippen LogP contribution in [0.5, 0.6) is 0 Å². The van der Waals surface area contributed by atoms with Crippen LogP contribution >= 0.6 is 39.1 Å². The predicted molar refractivity (Wildman–Crippen MR) is 92.8 cm³/mol. The largest absolute Gasteiger partial charge is 0.292 e. The van der Waals surface area contributed by atoms with Gasteiger partial charge in [0.1, 0.15) is 5.82 Å². The second-order valence-corrected chi connectivity index (χ2v) is 6.90. The second-order valence-electron chi connectivity index (χ2n) is 4.98. The third-order valence-electron chi connectivity index (χ3n) is 3.35. The quantitative estimate of drug-likeness (QED) is 0.492. The minimum absolute atomic E-state index is 0.221. The molecular formula is C16H13BrCl2N2. The van der Waals surface area contributed by atoms with Gasteiger partial charge in [0, 0.05) is 4.47 Å². The van der Waals surface area contributed by atoms with Crippen LogP contribution in [0.4, 0.5) is 0 Å². The molecule has 0 fully saturated rings. The lowest BCUT2D eigenvalue weighted by molar-refractivity contribution is 0.879. The summed E-state index contributed by atoms with van der Waals surface area (Å²) in [6.07, 6.45) is 0. The van der Waals surface area contributed by atoms with Gasteiger partial charge in [-0.1, -0.05) is 23.7 Å². The first-order valence-corrected chi connectivity index (χ1v) is 8.17. The Kier molecular flexibility index (Phi) is 4.00. The molecule has 0 aliphatic rings. The Morgan fingerprint density at radius 3 is 2.71 bits per heavy atom. The number of hydrogen-bond donors (Lipinski definition) is 0. The molecule has 0 radical (unpaired) electrons. The lowest BCUT2D eigenvalue weighted by Gasteiger charge is -2.14. The van der Waals surface area contributed by atoms with Gasteiger partial charge < -0.3 is 0 Å². The molecule has 1 atom stereocenters. The molecule has 1 unspecified atom stereocenters. The molecule has 2 nitrogen and oxygen atoms in total. The first-order chi connectivity index (χ1) is 9.99. The predicted octanol–water partition coefficient (Wildman–Crippen LogP) is 6.05. The van der Waals surface area contributed by atoms with Crippen molar-refractivity contribution in [3.05, 3.63) is 57.3 Å². The maximum atomic E-state index is 6.40. The third kappa shape index (κ3) is 2.59. The monoisotopic (exact) mass is 382 g/mol. The number of aromatic nitrogens is 2. The maximum Gasteiger partial charge on any atom is 0.132 e. The highest BCUT2D eigenvalue weighted by Crippen LogP contribution is 2.34. The van der Waals surface area contributed by atoms with Crippen LogP contribution in [0.25, 0.3) is 16.7 Å². The Labute approximate surface area is 141 Å². The Balaban J connectivity index is 2.44. The van der Waals surface area contributed by atoms with Crippen molar-refractivity contribution >= 4 is 50.2 Å². The minimum atomic E-state index is -0.221. The molecule has 0 saturated heterocycles. The number of para-hydroxylation sites is 1. The van der Waals surface area contributed by atoms with E-state index >= 15 is 0 Å². The zero-order chi connectivity index (χ0) is 15.1. The van der Waals surface area contributed by atoms with Crippen molar-refractivity contribution in [2.24, 2.45) is 0 Å². The van der Waals surface area contributed by atoms with Crippen LogP contribution in [0.15, 0.2) is 40.9 Å². The number of imidazole rings is 1. The molecule has 0 saturated carbocycles. The summed E-state index contributed by atoms with van der Waals surface area (Å²) >= 11 is 16.3. The number of nitrogens with zero attached hydrogens (tertiary/aromatic N) is 2. The lowest BCUT2D eigenvalue weighted by atomic mass is 10.2. The van der Waals surface area contributed by atoms with E-state index in [1.165, 1.54) is 0 Å². The molecule has 0 spiro atoms. The molecule has 0 aliphatic heterocycles. The van der Waals surface area contributed by atoms with Gasteiger partial charge >= 0.3 is 0 Å². The minimum Gasteiger partial charge on any atom is -0.292 e. The smallest absolute Gasteiger partial charge is 0.132 e. The number of rotatable bonds is 2. The van der Waals surface area contributed by atoms with Gasteiger partial charge in [-0.15, -0.1) is 11.6 Å². The highest BCUT2D eigenvalue weighted by Gasteiger charge is 2.19. The van der Waals surface area contributed by atoms with Crippen LogP contribution in [0.3, 0.4) is 0 Å². The Hall–Kier alpha value is -1.03. The van der Waals surface area contributed by atoms with Crippen LogP contribution in [0, 0.1) is 6.92 Å². The van der Waals surface area contributed by atoms with Gasteiger partial charge in [-0.2, -0.15) is 0 Å². The van der Waals surface area contributed by atoms with Gasteiger partial charge in [-0.3, -0.25) is 4.57 Å². The fourth-order valence-corrected chi connectivity index (χ4v) is 3.23. The number of aryl methyl sites for hydroxylation is 1. The molecule has 108 valence electrons. The number of hydrogen-bond acceptors (Lipinski definition) is 1. The Bertz CT molecular complexity index is 825. The van der Waals surface area contributed by atoms with Crippen molar-refractivity contribution in [1.82, 2.24) is 9.55 Å². The molecule has 0 aliphatic carbocycles. The standard InChI is InChI=1S/C16H13BrCl2N2/c1-9-6-7-11(17)14(8-9)21-15-12(19)4-3-5-13(15)20-16(21)10(2)18/h3-8,10H,1-2H3. The Morgan fingerprint density at radius 2 is 2.00 bits per heavy atom. The van der Waals surface area contributed by atoms with Crippen LogP contribution in [0.1, 0.15) is 23.7 Å². The van der Waals surface area contributed by atoms with Crippen LogP contribution in [-0.2, 0) is 0 Å². The summed E-state index contributed by atoms with van der Waals surface area (Å²) in [5.74, 6) is 0.783. The first-order valence-electron chi connectivity index (χ1n) is 6.56. The second kappa shape index (κ2) is 5.64. The molecule has 5 heteroatoms. The van der Waals surface area contributed by atoms with E-state index in [9.17, 15) is 0 Å². The summed E-state index contributed by atoms with van der Waals surface area (Å²) < 4.78 is 3.01. The molecule has 0 bridgehead atoms. The van der Waals surface area contributed by atoms with Gasteiger partial charge in [0.05, 0.1) is 27.1 Å². The average molecular weight is 384 g/mol. The van der Waals surface area contributed by atoms with Gasteiger partial charge in [-0.05, 0) is 59.6 Å². The number of alkyl halides is 1. The van der Waals surface area contributed by atoms with E-state index in [4.69, 9.17) is 23.2 Å². The van der Waals surface area contributed by atoms with Crippen molar-refractivity contribution in [3.8, 4) is 5.69 Å². The average Bonchev–Trinajstić information content (AvgIpc) is 2.82. The van der Waals surface area contributed by atoms with Gasteiger partial charge in [0.2, 0.25) is 0 Å². The van der Waals surface area contributed by atoms with E-state index in [0.29, 0.717) is 5.02 Å². The molecule has 21 heavy (non-hydrogen) atoms. The van der Waals surface area contributed by atoms with Crippen LogP contribution in [-0.4, -0.2) is 9.55 Å². The summed E-state index contributed by atoms with van der Waals surface area (Å²) in [6.45, 7) is 3.97. The zero-order valence-corrected chi connectivity index (χ0v) is 14.7. The van der Waals surface area contributed by atoms with E-state index < -0.39 is 0 Å². The fourth-order valence-electron chi connectivity index (χ4n) is 2.41. The molecule has 0 N–H and O–H groups in total. The molecule has 3 rings (SSSR count). The van der Waals surface area contributed by atoms with Crippen LogP contribution in [0.2, 0.25) is 5.02 Å². The highest BCUT2D eigenvalue weighted by atomic mass is 79.9. The molecule has 1 heterocycles. The van der Waals surface area contributed by atoms with Crippen LogP contribution < -0.4 is 0 Å². The molecular weight excluding hydrogens is 371 g/mol. The van der Waals surface area contributed by atoms with Crippen molar-refractivity contribution < 1.29 is 0 Å². The Morgan fingerprint density at radius 1 is 1.24 bits per heavy atom. The number of fused-ring (bicyclic) bond motifs is 1. The SMILES string of the molecule is Cc1ccc(Br)c(-n2c(C(C)Cl)nc3cccc(Cl)c32)c1. The van der Waals surface area contributed by atoms with Gasteiger partial charge in [0.25, 0.3) is 0 Å². The van der Waals surface area contributed by atoms with E-state index in [1.807, 2.05) is 35.8 Å². The lowest BCUT2D eigenvalue weighted by Crippen LogP contribution is -2.03. The van der Waals surface area contributed by atoms with Crippen molar-refractivity contribution in [2.75, 3.05) is 0 Å². The summed E-state index contributed by atoms with van der Waals surface area (Å²) in [5, 5.41) is 0.442. The molecule has 3 aromatic rings. The number of halogens is 3. The van der Waals surface area contributed by atoms with E-state index in [0.717, 1.165) is 32.6 Å². The highest BCUT2D eigenvalue weighted by molar-refractivity contribution is 9.10. The summed E-state index contributed by atoms with van der Waals surface area (Å²) in [5.41, 5.74) is 3.88. The summed E-state index contributed by atoms with van der Waals surface area (Å²) in [7, 11) is 0. The number of benzene rings is 2. The molecule has 1 aromatic heterocycles. The van der Waals surface area contributed by atoms with Crippen molar-refractivity contribution in [2.45, 2.75) is 19.2 Å². The molecule has 0 amide bonds. The van der Waals surface area contributed by atoms with E-state index in [1.54, 1.807) is 0 Å². The van der Waals surface area contributed by atoms with E-state index in [-0.39, 0.29) is 5.38 Å². The van der Waals surface area contributed by atoms with Gasteiger partial charge in [-0.25, -0.2) is 4.98 Å². The first kappa shape index (κ1) is 14.9. The van der Waals surface area contributed by atoms with E-state index in [2.05, 4.69) is 40.0 Å². The molecule has 2 aromatic carbocycles. The van der Waals surface area contributed by atoms with Crippen molar-refractivity contribution in [3.63, 3.8) is 0 Å². The van der Waals surface area contributed by atoms with Crippen molar-refractivity contribution in [1.29, 1.82) is 0 Å². The zero-order valence-electron chi connectivity index (χ0n) is 11.6. The maximum absolute atomic E-state index is 6.40. The fraction of sp³-hybridized carbons (Fsp3) is 0.188. The topological polar surface area (TPSA) is 17.8 Å².